The minimum Gasteiger partial charge on any atom is -0.465 e. The number of hydrogen-bond acceptors (Lipinski definition) is 4. The van der Waals surface area contributed by atoms with Crippen molar-refractivity contribution in [2.75, 3.05) is 7.11 Å². The summed E-state index contributed by atoms with van der Waals surface area (Å²) < 4.78 is 4.65. The molecule has 0 aromatic heterocycles. The average molecular weight is 289 g/mol. The number of rotatable bonds is 3. The van der Waals surface area contributed by atoms with Gasteiger partial charge in [-0.25, -0.2) is 10.1 Å². The molecule has 0 spiro atoms. The fourth-order valence-corrected chi connectivity index (χ4v) is 2.34. The van der Waals surface area contributed by atoms with E-state index in [0.29, 0.717) is 5.17 Å². The monoisotopic (exact) mass is 289 g/mol. The molecular weight excluding hydrogens is 276 g/mol. The highest BCUT2D eigenvalue weighted by molar-refractivity contribution is 8.17. The summed E-state index contributed by atoms with van der Waals surface area (Å²) in [6.45, 7) is 2.01. The summed E-state index contributed by atoms with van der Waals surface area (Å²) in [6, 6.07) is 6.43. The molecule has 103 valence electrons. The van der Waals surface area contributed by atoms with Crippen LogP contribution in [0.15, 0.2) is 40.4 Å². The lowest BCUT2D eigenvalue weighted by Gasteiger charge is -2.04. The molecule has 5 nitrogen and oxygen atoms in total. The van der Waals surface area contributed by atoms with Gasteiger partial charge in [0.1, 0.15) is 0 Å². The normalized spacial score (nSPS) is 15.7. The molecule has 0 atom stereocenters. The van der Waals surface area contributed by atoms with E-state index in [0.717, 1.165) is 11.3 Å². The van der Waals surface area contributed by atoms with Crippen molar-refractivity contribution < 1.29 is 14.3 Å². The van der Waals surface area contributed by atoms with E-state index in [1.807, 2.05) is 6.92 Å². The Hall–Kier alpha value is -2.08. The number of thioether (sulfide) groups is 1. The molecular formula is C14H13N2O3S. The molecule has 1 amide bonds. The van der Waals surface area contributed by atoms with Crippen molar-refractivity contribution in [2.24, 2.45) is 4.99 Å². The minimum atomic E-state index is -0.558. The van der Waals surface area contributed by atoms with Crippen LogP contribution in [0.4, 0.5) is 0 Å². The number of amidine groups is 1. The maximum absolute atomic E-state index is 12.1. The van der Waals surface area contributed by atoms with Gasteiger partial charge in [0.25, 0.3) is 5.91 Å². The van der Waals surface area contributed by atoms with Crippen molar-refractivity contribution in [1.29, 1.82) is 0 Å². The Morgan fingerprint density at radius 1 is 1.30 bits per heavy atom. The molecule has 6 heteroatoms. The predicted octanol–water partition coefficient (Wildman–Crippen LogP) is 2.57. The zero-order chi connectivity index (χ0) is 14.5. The van der Waals surface area contributed by atoms with Crippen LogP contribution < -0.4 is 5.32 Å². The van der Waals surface area contributed by atoms with E-state index < -0.39 is 11.9 Å². The van der Waals surface area contributed by atoms with Crippen molar-refractivity contribution in [3.8, 4) is 0 Å². The van der Waals surface area contributed by atoms with E-state index in [2.05, 4.69) is 15.0 Å². The van der Waals surface area contributed by atoms with Gasteiger partial charge in [-0.05, 0) is 18.6 Å². The smallest absolute Gasteiger partial charge is 0.338 e. The number of carbonyl (C=O) groups excluding carboxylic acids is 2. The molecule has 1 aliphatic heterocycles. The van der Waals surface area contributed by atoms with Crippen LogP contribution in [-0.2, 0) is 4.74 Å². The first-order chi connectivity index (χ1) is 9.65. The van der Waals surface area contributed by atoms with Gasteiger partial charge in [-0.3, -0.25) is 4.79 Å². The molecule has 0 N–H and O–H groups in total. The van der Waals surface area contributed by atoms with Gasteiger partial charge in [-0.15, -0.1) is 0 Å². The zero-order valence-corrected chi connectivity index (χ0v) is 11.9. The second kappa shape index (κ2) is 6.38. The zero-order valence-electron chi connectivity index (χ0n) is 11.1. The van der Waals surface area contributed by atoms with Crippen LogP contribution in [0.5, 0.6) is 0 Å². The Morgan fingerprint density at radius 2 is 2.00 bits per heavy atom. The fourth-order valence-electron chi connectivity index (χ4n) is 1.62. The van der Waals surface area contributed by atoms with Crippen molar-refractivity contribution in [3.63, 3.8) is 0 Å². The van der Waals surface area contributed by atoms with Crippen molar-refractivity contribution in [1.82, 2.24) is 5.32 Å². The summed E-state index contributed by atoms with van der Waals surface area (Å²) >= 11 is 1.36. The van der Waals surface area contributed by atoms with E-state index in [1.165, 1.54) is 24.9 Å². The van der Waals surface area contributed by atoms with E-state index in [-0.39, 0.29) is 11.1 Å². The van der Waals surface area contributed by atoms with Gasteiger partial charge in [0, 0.05) is 11.1 Å². The van der Waals surface area contributed by atoms with Crippen LogP contribution in [0.25, 0.3) is 0 Å². The van der Waals surface area contributed by atoms with Crippen LogP contribution in [0.3, 0.4) is 0 Å². The standard InChI is InChI=1S/C14H13N2O3S/c1-3-9-8-15-14(20-9)16-12(17)10-6-4-5-7-11(10)13(18)19-2/h4-8H,3H2,1-2H3. The van der Waals surface area contributed by atoms with E-state index in [4.69, 9.17) is 0 Å². The SMILES string of the molecule is CCC1=C[N]C(=NC(=O)c2ccccc2C(=O)OC)S1. The molecule has 1 aromatic carbocycles. The Labute approximate surface area is 121 Å². The van der Waals surface area contributed by atoms with Gasteiger partial charge >= 0.3 is 5.97 Å². The van der Waals surface area contributed by atoms with E-state index >= 15 is 0 Å². The lowest BCUT2D eigenvalue weighted by Crippen LogP contribution is -2.11. The quantitative estimate of drug-likeness (QED) is 0.802. The molecule has 0 bridgehead atoms. The van der Waals surface area contributed by atoms with Gasteiger partial charge in [-0.1, -0.05) is 30.8 Å². The van der Waals surface area contributed by atoms with Crippen molar-refractivity contribution >= 4 is 28.8 Å². The molecule has 0 aliphatic carbocycles. The maximum atomic E-state index is 12.1. The highest BCUT2D eigenvalue weighted by atomic mass is 32.2. The first-order valence-corrected chi connectivity index (χ1v) is 6.85. The Morgan fingerprint density at radius 3 is 2.60 bits per heavy atom. The number of amides is 1. The van der Waals surface area contributed by atoms with Crippen LogP contribution in [0.2, 0.25) is 0 Å². The molecule has 1 radical (unpaired) electrons. The number of ether oxygens (including phenoxy) is 1. The number of carbonyl (C=O) groups is 2. The molecule has 1 aliphatic rings. The third-order valence-electron chi connectivity index (χ3n) is 2.65. The fraction of sp³-hybridized carbons (Fsp3) is 0.214. The summed E-state index contributed by atoms with van der Waals surface area (Å²) in [4.78, 5) is 28.7. The Balaban J connectivity index is 2.23. The maximum Gasteiger partial charge on any atom is 0.338 e. The van der Waals surface area contributed by atoms with Gasteiger partial charge < -0.3 is 4.74 Å². The second-order valence-corrected chi connectivity index (χ2v) is 5.01. The van der Waals surface area contributed by atoms with Gasteiger partial charge in [0.15, 0.2) is 5.17 Å². The van der Waals surface area contributed by atoms with Crippen LogP contribution in [0, 0.1) is 0 Å². The number of allylic oxidation sites excluding steroid dienone is 1. The molecule has 20 heavy (non-hydrogen) atoms. The van der Waals surface area contributed by atoms with Crippen molar-refractivity contribution in [2.45, 2.75) is 13.3 Å². The highest BCUT2D eigenvalue weighted by Gasteiger charge is 2.19. The van der Waals surface area contributed by atoms with Crippen molar-refractivity contribution in [3.05, 3.63) is 46.5 Å². The topological polar surface area (TPSA) is 69.8 Å². The van der Waals surface area contributed by atoms with Crippen LogP contribution in [0.1, 0.15) is 34.1 Å². The molecule has 1 heterocycles. The number of methoxy groups -OCH3 is 1. The number of benzene rings is 1. The molecule has 0 saturated heterocycles. The summed E-state index contributed by atoms with van der Waals surface area (Å²) in [5.74, 6) is -1.06. The van der Waals surface area contributed by atoms with Gasteiger partial charge in [0.05, 0.1) is 18.2 Å². The predicted molar refractivity (Wildman–Crippen MR) is 77.6 cm³/mol. The average Bonchev–Trinajstić information content (AvgIpc) is 2.94. The number of nitrogens with zero attached hydrogens (tertiary/aromatic N) is 2. The Bertz CT molecular complexity index is 608. The first kappa shape index (κ1) is 14.3. The number of hydrogen-bond donors (Lipinski definition) is 0. The molecule has 0 fully saturated rings. The molecule has 2 rings (SSSR count). The number of aliphatic imine (C=N–C) groups is 1. The van der Waals surface area contributed by atoms with E-state index in [9.17, 15) is 9.59 Å². The molecule has 0 saturated carbocycles. The summed E-state index contributed by atoms with van der Waals surface area (Å²) in [5.41, 5.74) is 0.420. The van der Waals surface area contributed by atoms with Crippen LogP contribution >= 0.6 is 11.8 Å². The first-order valence-electron chi connectivity index (χ1n) is 6.03. The summed E-state index contributed by atoms with van der Waals surface area (Å²) in [7, 11) is 1.27. The van der Waals surface area contributed by atoms with Gasteiger partial charge in [-0.2, -0.15) is 4.99 Å². The second-order valence-electron chi connectivity index (χ2n) is 3.92. The minimum absolute atomic E-state index is 0.205. The van der Waals surface area contributed by atoms with Crippen LogP contribution in [-0.4, -0.2) is 24.2 Å². The lowest BCUT2D eigenvalue weighted by molar-refractivity contribution is 0.0597. The number of esters is 1. The van der Waals surface area contributed by atoms with Gasteiger partial charge in [0.2, 0.25) is 0 Å². The van der Waals surface area contributed by atoms with E-state index in [1.54, 1.807) is 24.4 Å². The lowest BCUT2D eigenvalue weighted by atomic mass is 10.1. The summed E-state index contributed by atoms with van der Waals surface area (Å²) in [6.07, 6.45) is 2.54. The third kappa shape index (κ3) is 3.08. The highest BCUT2D eigenvalue weighted by Crippen LogP contribution is 2.25. The Kier molecular flexibility index (Phi) is 4.57. The molecule has 1 aromatic rings. The largest absolute Gasteiger partial charge is 0.465 e. The molecule has 0 unspecified atom stereocenters. The summed E-state index contributed by atoms with van der Waals surface area (Å²) in [5, 5.41) is 4.46. The third-order valence-corrected chi connectivity index (χ3v) is 3.69.